The first-order chi connectivity index (χ1) is 7.18. The first-order valence-electron chi connectivity index (χ1n) is 4.72. The third-order valence-corrected chi connectivity index (χ3v) is 1.90. The maximum atomic E-state index is 10.9. The Balaban J connectivity index is 2.22. The van der Waals surface area contributed by atoms with Crippen LogP contribution in [0.25, 0.3) is 0 Å². The van der Waals surface area contributed by atoms with Gasteiger partial charge in [0.25, 0.3) is 0 Å². The second-order valence-electron chi connectivity index (χ2n) is 3.13. The van der Waals surface area contributed by atoms with Crippen LogP contribution in [0.2, 0.25) is 0 Å². The summed E-state index contributed by atoms with van der Waals surface area (Å²) in [6, 6.07) is 9.79. The van der Waals surface area contributed by atoms with Gasteiger partial charge in [-0.3, -0.25) is 4.79 Å². The van der Waals surface area contributed by atoms with E-state index in [0.29, 0.717) is 6.42 Å². The van der Waals surface area contributed by atoms with Crippen molar-refractivity contribution in [3.63, 3.8) is 0 Å². The van der Waals surface area contributed by atoms with Crippen molar-refractivity contribution in [2.24, 2.45) is 5.73 Å². The number of carbonyl (C=O) groups excluding carboxylic acids is 2. The van der Waals surface area contributed by atoms with Gasteiger partial charge in [-0.1, -0.05) is 30.3 Å². The van der Waals surface area contributed by atoms with Crippen LogP contribution in [0.4, 0.5) is 4.79 Å². The second kappa shape index (κ2) is 5.80. The third-order valence-electron chi connectivity index (χ3n) is 1.90. The Morgan fingerprint density at radius 3 is 2.47 bits per heavy atom. The molecule has 0 bridgehead atoms. The Hall–Kier alpha value is -1.84. The molecule has 0 aromatic heterocycles. The molecule has 2 N–H and O–H groups in total. The fourth-order valence-electron chi connectivity index (χ4n) is 1.24. The van der Waals surface area contributed by atoms with Crippen molar-refractivity contribution in [1.29, 1.82) is 0 Å². The molecule has 0 aliphatic rings. The lowest BCUT2D eigenvalue weighted by atomic mass is 10.1. The normalized spacial score (nSPS) is 9.60. The lowest BCUT2D eigenvalue weighted by Gasteiger charge is -2.00. The molecule has 80 valence electrons. The van der Waals surface area contributed by atoms with E-state index >= 15 is 0 Å². The largest absolute Gasteiger partial charge is 0.412 e. The van der Waals surface area contributed by atoms with E-state index in [4.69, 9.17) is 5.73 Å². The van der Waals surface area contributed by atoms with Gasteiger partial charge in [0.15, 0.2) is 0 Å². The van der Waals surface area contributed by atoms with Crippen LogP contribution in [0.5, 0.6) is 0 Å². The van der Waals surface area contributed by atoms with Gasteiger partial charge in [0, 0.05) is 6.42 Å². The van der Waals surface area contributed by atoms with Crippen LogP contribution >= 0.6 is 0 Å². The van der Waals surface area contributed by atoms with Crippen LogP contribution < -0.4 is 5.73 Å². The molecule has 0 spiro atoms. The van der Waals surface area contributed by atoms with E-state index in [1.165, 1.54) is 0 Å². The molecule has 4 nitrogen and oxygen atoms in total. The molecule has 1 rings (SSSR count). The molecule has 1 amide bonds. The van der Waals surface area contributed by atoms with E-state index in [1.54, 1.807) is 0 Å². The SMILES string of the molecule is NC(=O)OC(=O)CCCc1ccccc1. The summed E-state index contributed by atoms with van der Waals surface area (Å²) in [5.74, 6) is -0.571. The van der Waals surface area contributed by atoms with E-state index in [1.807, 2.05) is 30.3 Å². The second-order valence-corrected chi connectivity index (χ2v) is 3.13. The predicted molar refractivity (Wildman–Crippen MR) is 55.1 cm³/mol. The number of aryl methyl sites for hydroxylation is 1. The molecule has 0 aliphatic carbocycles. The summed E-state index contributed by atoms with van der Waals surface area (Å²) in [7, 11) is 0. The Kier molecular flexibility index (Phi) is 4.34. The van der Waals surface area contributed by atoms with Gasteiger partial charge in [-0.05, 0) is 18.4 Å². The average Bonchev–Trinajstić information content (AvgIpc) is 2.18. The fourth-order valence-corrected chi connectivity index (χ4v) is 1.24. The number of benzene rings is 1. The molecule has 0 saturated heterocycles. The number of primary amides is 1. The van der Waals surface area contributed by atoms with Crippen molar-refractivity contribution < 1.29 is 14.3 Å². The number of amides is 1. The van der Waals surface area contributed by atoms with Crippen LogP contribution in [0.15, 0.2) is 30.3 Å². The number of hydrogen-bond donors (Lipinski definition) is 1. The van der Waals surface area contributed by atoms with Gasteiger partial charge in [0.1, 0.15) is 0 Å². The molecule has 0 heterocycles. The summed E-state index contributed by atoms with van der Waals surface area (Å²) in [5.41, 5.74) is 5.85. The Labute approximate surface area is 88.0 Å². The van der Waals surface area contributed by atoms with E-state index in [-0.39, 0.29) is 6.42 Å². The number of nitrogens with two attached hydrogens (primary N) is 1. The van der Waals surface area contributed by atoms with Gasteiger partial charge in [-0.15, -0.1) is 0 Å². The van der Waals surface area contributed by atoms with Crippen molar-refractivity contribution in [1.82, 2.24) is 0 Å². The molecule has 1 aromatic carbocycles. The Morgan fingerprint density at radius 2 is 1.87 bits per heavy atom. The van der Waals surface area contributed by atoms with Crippen LogP contribution in [0, 0.1) is 0 Å². The smallest absolute Gasteiger partial charge is 0.376 e. The third kappa shape index (κ3) is 4.81. The molecule has 4 heteroatoms. The molecule has 0 radical (unpaired) electrons. The van der Waals surface area contributed by atoms with Crippen molar-refractivity contribution in [3.05, 3.63) is 35.9 Å². The van der Waals surface area contributed by atoms with E-state index in [9.17, 15) is 9.59 Å². The van der Waals surface area contributed by atoms with Crippen molar-refractivity contribution in [3.8, 4) is 0 Å². The standard InChI is InChI=1S/C11H13NO3/c12-11(14)15-10(13)8-4-7-9-5-2-1-3-6-9/h1-3,5-6H,4,7-8H2,(H2,12,14). The maximum absolute atomic E-state index is 10.9. The number of rotatable bonds is 4. The number of esters is 1. The van der Waals surface area contributed by atoms with Crippen LogP contribution in [0.1, 0.15) is 18.4 Å². The zero-order chi connectivity index (χ0) is 11.1. The minimum absolute atomic E-state index is 0.206. The highest BCUT2D eigenvalue weighted by atomic mass is 16.6. The molecule has 0 aliphatic heterocycles. The Morgan fingerprint density at radius 1 is 1.20 bits per heavy atom. The zero-order valence-electron chi connectivity index (χ0n) is 8.31. The summed E-state index contributed by atoms with van der Waals surface area (Å²) in [4.78, 5) is 21.1. The molecule has 0 fully saturated rings. The van der Waals surface area contributed by atoms with Gasteiger partial charge in [0.05, 0.1) is 0 Å². The fraction of sp³-hybridized carbons (Fsp3) is 0.273. The van der Waals surface area contributed by atoms with Crippen LogP contribution in [0.3, 0.4) is 0 Å². The highest BCUT2D eigenvalue weighted by Crippen LogP contribution is 2.04. The van der Waals surface area contributed by atoms with Gasteiger partial charge in [-0.2, -0.15) is 0 Å². The summed E-state index contributed by atoms with van der Waals surface area (Å²) in [6.07, 6.45) is 0.600. The Bertz CT molecular complexity index is 335. The van der Waals surface area contributed by atoms with E-state index in [0.717, 1.165) is 12.0 Å². The molecular weight excluding hydrogens is 194 g/mol. The summed E-state index contributed by atoms with van der Waals surface area (Å²) < 4.78 is 4.19. The van der Waals surface area contributed by atoms with Gasteiger partial charge in [0.2, 0.25) is 0 Å². The minimum atomic E-state index is -1.04. The number of carbonyl (C=O) groups is 2. The van der Waals surface area contributed by atoms with Crippen molar-refractivity contribution in [2.75, 3.05) is 0 Å². The predicted octanol–water partition coefficient (Wildman–Crippen LogP) is 1.63. The monoisotopic (exact) mass is 207 g/mol. The molecule has 15 heavy (non-hydrogen) atoms. The van der Waals surface area contributed by atoms with Crippen molar-refractivity contribution in [2.45, 2.75) is 19.3 Å². The van der Waals surface area contributed by atoms with E-state index < -0.39 is 12.1 Å². The summed E-state index contributed by atoms with van der Waals surface area (Å²) in [6.45, 7) is 0. The first kappa shape index (κ1) is 11.2. The van der Waals surface area contributed by atoms with Crippen molar-refractivity contribution >= 4 is 12.1 Å². The molecule has 1 aromatic rings. The van der Waals surface area contributed by atoms with Crippen LogP contribution in [-0.2, 0) is 16.0 Å². The maximum Gasteiger partial charge on any atom is 0.412 e. The lowest BCUT2D eigenvalue weighted by molar-refractivity contribution is -0.137. The van der Waals surface area contributed by atoms with Gasteiger partial charge >= 0.3 is 12.1 Å². The lowest BCUT2D eigenvalue weighted by Crippen LogP contribution is -2.18. The van der Waals surface area contributed by atoms with E-state index in [2.05, 4.69) is 4.74 Å². The average molecular weight is 207 g/mol. The molecule has 0 unspecified atom stereocenters. The first-order valence-corrected chi connectivity index (χ1v) is 4.72. The quantitative estimate of drug-likeness (QED) is 0.602. The topological polar surface area (TPSA) is 69.4 Å². The number of ether oxygens (including phenoxy) is 1. The molecule has 0 saturated carbocycles. The van der Waals surface area contributed by atoms with Crippen LogP contribution in [-0.4, -0.2) is 12.1 Å². The molecule has 0 atom stereocenters. The van der Waals surface area contributed by atoms with Gasteiger partial charge in [-0.25, -0.2) is 4.79 Å². The zero-order valence-corrected chi connectivity index (χ0v) is 8.31. The highest BCUT2D eigenvalue weighted by molar-refractivity contribution is 5.83. The highest BCUT2D eigenvalue weighted by Gasteiger charge is 2.05. The molecular formula is C11H13NO3. The van der Waals surface area contributed by atoms with Gasteiger partial charge < -0.3 is 10.5 Å². The minimum Gasteiger partial charge on any atom is -0.376 e. The number of hydrogen-bond acceptors (Lipinski definition) is 3. The summed E-state index contributed by atoms with van der Waals surface area (Å²) >= 11 is 0. The summed E-state index contributed by atoms with van der Waals surface area (Å²) in [5, 5.41) is 0.